The second kappa shape index (κ2) is 4.84. The van der Waals surface area contributed by atoms with Crippen LogP contribution in [-0.4, -0.2) is 28.1 Å². The Labute approximate surface area is 107 Å². The Morgan fingerprint density at radius 1 is 1.47 bits per heavy atom. The molecule has 0 radical (unpaired) electrons. The van der Waals surface area contributed by atoms with Crippen molar-refractivity contribution >= 4 is 11.7 Å². The van der Waals surface area contributed by atoms with E-state index < -0.39 is 10.9 Å². The van der Waals surface area contributed by atoms with Gasteiger partial charge in [0.2, 0.25) is 0 Å². The van der Waals surface area contributed by atoms with Gasteiger partial charge in [0.1, 0.15) is 17.5 Å². The number of aryl methyl sites for hydroxylation is 1. The molecule has 0 aromatic carbocycles. The molecule has 0 N–H and O–H groups in total. The van der Waals surface area contributed by atoms with Crippen LogP contribution in [0, 0.1) is 17.0 Å². The van der Waals surface area contributed by atoms with Gasteiger partial charge < -0.3 is 9.26 Å². The summed E-state index contributed by atoms with van der Waals surface area (Å²) in [5, 5.41) is 14.2. The number of esters is 1. The number of rotatable bonds is 3. The smallest absolute Gasteiger partial charge is 0.343 e. The SMILES string of the molecule is COC(=O)c1c(C)noc1-c1ccc([N+](=O)[O-])cn1. The van der Waals surface area contributed by atoms with Crippen LogP contribution in [0.25, 0.3) is 11.5 Å². The van der Waals surface area contributed by atoms with E-state index in [4.69, 9.17) is 4.52 Å². The molecule has 2 heterocycles. The molecule has 98 valence electrons. The molecule has 8 nitrogen and oxygen atoms in total. The van der Waals surface area contributed by atoms with Crippen molar-refractivity contribution in [3.05, 3.63) is 39.7 Å². The van der Waals surface area contributed by atoms with Gasteiger partial charge in [0.25, 0.3) is 5.69 Å². The van der Waals surface area contributed by atoms with Crippen molar-refractivity contribution in [3.63, 3.8) is 0 Å². The van der Waals surface area contributed by atoms with Gasteiger partial charge in [0.15, 0.2) is 5.76 Å². The van der Waals surface area contributed by atoms with Crippen LogP contribution >= 0.6 is 0 Å². The third kappa shape index (κ3) is 2.28. The zero-order valence-corrected chi connectivity index (χ0v) is 10.1. The highest BCUT2D eigenvalue weighted by Crippen LogP contribution is 2.26. The number of carbonyl (C=O) groups excluding carboxylic acids is 1. The molecule has 0 bridgehead atoms. The van der Waals surface area contributed by atoms with Crippen molar-refractivity contribution in [1.29, 1.82) is 0 Å². The van der Waals surface area contributed by atoms with Gasteiger partial charge in [0.05, 0.1) is 17.7 Å². The number of hydrogen-bond donors (Lipinski definition) is 0. The summed E-state index contributed by atoms with van der Waals surface area (Å²) in [4.78, 5) is 25.4. The van der Waals surface area contributed by atoms with E-state index in [0.29, 0.717) is 5.69 Å². The van der Waals surface area contributed by atoms with Gasteiger partial charge in [-0.25, -0.2) is 9.78 Å². The van der Waals surface area contributed by atoms with Gasteiger partial charge in [0, 0.05) is 6.07 Å². The molecule has 0 aliphatic carbocycles. The van der Waals surface area contributed by atoms with Crippen molar-refractivity contribution in [2.75, 3.05) is 7.11 Å². The van der Waals surface area contributed by atoms with Crippen molar-refractivity contribution in [3.8, 4) is 11.5 Å². The van der Waals surface area contributed by atoms with Gasteiger partial charge in [-0.05, 0) is 13.0 Å². The summed E-state index contributed by atoms with van der Waals surface area (Å²) in [6, 6.07) is 2.64. The van der Waals surface area contributed by atoms with E-state index >= 15 is 0 Å². The lowest BCUT2D eigenvalue weighted by Gasteiger charge is -1.99. The van der Waals surface area contributed by atoms with Crippen LogP contribution in [-0.2, 0) is 4.74 Å². The monoisotopic (exact) mass is 263 g/mol. The molecule has 0 unspecified atom stereocenters. The molecule has 0 amide bonds. The Kier molecular flexibility index (Phi) is 3.23. The third-order valence-electron chi connectivity index (χ3n) is 2.44. The van der Waals surface area contributed by atoms with Gasteiger partial charge in [-0.3, -0.25) is 10.1 Å². The standard InChI is InChI=1S/C11H9N3O5/c1-6-9(11(15)18-2)10(19-13-6)8-4-3-7(5-12-8)14(16)17/h3-5H,1-2H3. The normalized spacial score (nSPS) is 10.2. The van der Waals surface area contributed by atoms with Crippen molar-refractivity contribution in [1.82, 2.24) is 10.1 Å². The summed E-state index contributed by atoms with van der Waals surface area (Å²) in [6.07, 6.45) is 1.08. The van der Waals surface area contributed by atoms with Crippen molar-refractivity contribution in [2.45, 2.75) is 6.92 Å². The Morgan fingerprint density at radius 2 is 2.21 bits per heavy atom. The minimum Gasteiger partial charge on any atom is -0.465 e. The quantitative estimate of drug-likeness (QED) is 0.471. The van der Waals surface area contributed by atoms with Crippen LogP contribution in [0.1, 0.15) is 16.1 Å². The first kappa shape index (κ1) is 12.7. The van der Waals surface area contributed by atoms with Crippen LogP contribution in [0.4, 0.5) is 5.69 Å². The Hall–Kier alpha value is -2.77. The average molecular weight is 263 g/mol. The van der Waals surface area contributed by atoms with Crippen molar-refractivity contribution < 1.29 is 19.0 Å². The van der Waals surface area contributed by atoms with Crippen LogP contribution in [0.3, 0.4) is 0 Å². The number of nitrogens with zero attached hydrogens (tertiary/aromatic N) is 3. The predicted molar refractivity (Wildman–Crippen MR) is 62.5 cm³/mol. The molecule has 0 fully saturated rings. The van der Waals surface area contributed by atoms with Gasteiger partial charge >= 0.3 is 5.97 Å². The fraction of sp³-hybridized carbons (Fsp3) is 0.182. The molecule has 8 heteroatoms. The van der Waals surface area contributed by atoms with E-state index in [1.54, 1.807) is 6.92 Å². The largest absolute Gasteiger partial charge is 0.465 e. The van der Waals surface area contributed by atoms with E-state index in [2.05, 4.69) is 14.9 Å². The first-order chi connectivity index (χ1) is 9.04. The lowest BCUT2D eigenvalue weighted by atomic mass is 10.1. The van der Waals surface area contributed by atoms with Gasteiger partial charge in [-0.2, -0.15) is 0 Å². The van der Waals surface area contributed by atoms with Crippen LogP contribution in [0.2, 0.25) is 0 Å². The minimum atomic E-state index is -0.603. The van der Waals surface area contributed by atoms with Crippen LogP contribution < -0.4 is 0 Å². The average Bonchev–Trinajstić information content (AvgIpc) is 2.80. The molecule has 0 atom stereocenters. The number of aromatic nitrogens is 2. The zero-order valence-electron chi connectivity index (χ0n) is 10.1. The molecule has 0 aliphatic heterocycles. The number of nitro groups is 1. The topological polar surface area (TPSA) is 108 Å². The summed E-state index contributed by atoms with van der Waals surface area (Å²) < 4.78 is 9.65. The fourth-order valence-corrected chi connectivity index (χ4v) is 1.52. The van der Waals surface area contributed by atoms with E-state index in [1.165, 1.54) is 19.2 Å². The number of hydrogen-bond acceptors (Lipinski definition) is 7. The summed E-state index contributed by atoms with van der Waals surface area (Å²) in [5.41, 5.74) is 0.636. The Bertz CT molecular complexity index is 632. The maximum atomic E-state index is 11.6. The maximum absolute atomic E-state index is 11.6. The van der Waals surface area contributed by atoms with E-state index in [1.807, 2.05) is 0 Å². The fourth-order valence-electron chi connectivity index (χ4n) is 1.52. The summed E-state index contributed by atoms with van der Waals surface area (Å²) >= 11 is 0. The predicted octanol–water partition coefficient (Wildman–Crippen LogP) is 1.74. The lowest BCUT2D eigenvalue weighted by molar-refractivity contribution is -0.385. The Balaban J connectivity index is 2.47. The van der Waals surface area contributed by atoms with Crippen LogP contribution in [0.15, 0.2) is 22.9 Å². The Morgan fingerprint density at radius 3 is 2.74 bits per heavy atom. The molecule has 2 rings (SSSR count). The van der Waals surface area contributed by atoms with E-state index in [-0.39, 0.29) is 22.7 Å². The summed E-state index contributed by atoms with van der Waals surface area (Å²) in [7, 11) is 1.24. The lowest BCUT2D eigenvalue weighted by Crippen LogP contribution is -2.04. The molecule has 0 saturated carbocycles. The number of pyridine rings is 1. The number of ether oxygens (including phenoxy) is 1. The first-order valence-electron chi connectivity index (χ1n) is 5.20. The van der Waals surface area contributed by atoms with Crippen LogP contribution in [0.5, 0.6) is 0 Å². The molecule has 19 heavy (non-hydrogen) atoms. The molecule has 0 aliphatic rings. The zero-order chi connectivity index (χ0) is 14.0. The highest BCUT2D eigenvalue weighted by Gasteiger charge is 2.23. The van der Waals surface area contributed by atoms with Gasteiger partial charge in [-0.15, -0.1) is 0 Å². The summed E-state index contributed by atoms with van der Waals surface area (Å²) in [6.45, 7) is 1.59. The highest BCUT2D eigenvalue weighted by atomic mass is 16.6. The second-order valence-electron chi connectivity index (χ2n) is 3.62. The van der Waals surface area contributed by atoms with E-state index in [0.717, 1.165) is 6.20 Å². The molecule has 0 spiro atoms. The molecule has 0 saturated heterocycles. The number of methoxy groups -OCH3 is 1. The van der Waals surface area contributed by atoms with E-state index in [9.17, 15) is 14.9 Å². The minimum absolute atomic E-state index is 0.124. The highest BCUT2D eigenvalue weighted by molar-refractivity contribution is 5.96. The number of carbonyl (C=O) groups is 1. The molecular weight excluding hydrogens is 254 g/mol. The van der Waals surface area contributed by atoms with Gasteiger partial charge in [-0.1, -0.05) is 5.16 Å². The molecular formula is C11H9N3O5. The second-order valence-corrected chi connectivity index (χ2v) is 3.62. The maximum Gasteiger partial charge on any atom is 0.343 e. The third-order valence-corrected chi connectivity index (χ3v) is 2.44. The molecule has 2 aromatic rings. The first-order valence-corrected chi connectivity index (χ1v) is 5.20. The van der Waals surface area contributed by atoms with Crippen molar-refractivity contribution in [2.24, 2.45) is 0 Å². The molecule has 2 aromatic heterocycles. The summed E-state index contributed by atoms with van der Waals surface area (Å²) in [5.74, 6) is -0.479.